The van der Waals surface area contributed by atoms with Crippen molar-refractivity contribution in [2.45, 2.75) is 0 Å². The van der Waals surface area contributed by atoms with Gasteiger partial charge in [-0.15, -0.1) is 0 Å². The zero-order valence-electron chi connectivity index (χ0n) is 9.08. The number of rotatable bonds is 3. The third-order valence-corrected chi connectivity index (χ3v) is 2.98. The van der Waals surface area contributed by atoms with Crippen LogP contribution in [0.15, 0.2) is 36.4 Å². The second-order valence-electron chi connectivity index (χ2n) is 3.60. The van der Waals surface area contributed by atoms with Crippen molar-refractivity contribution in [2.75, 3.05) is 5.32 Å². The smallest absolute Gasteiger partial charge is 0.151 e. The Morgan fingerprint density at radius 1 is 1.06 bits per heavy atom. The van der Waals surface area contributed by atoms with Crippen LogP contribution in [-0.4, -0.2) is 6.29 Å². The minimum atomic E-state index is -0.403. The van der Waals surface area contributed by atoms with Crippen LogP contribution in [0.25, 0.3) is 0 Å². The van der Waals surface area contributed by atoms with Gasteiger partial charge in [0, 0.05) is 11.3 Å². The molecule has 0 aliphatic carbocycles. The van der Waals surface area contributed by atoms with Crippen LogP contribution in [0.3, 0.4) is 0 Å². The molecule has 0 radical (unpaired) electrons. The average molecular weight is 284 g/mol. The molecule has 5 heteroatoms. The van der Waals surface area contributed by atoms with Crippen molar-refractivity contribution in [3.8, 4) is 0 Å². The van der Waals surface area contributed by atoms with Gasteiger partial charge in [0.25, 0.3) is 0 Å². The summed E-state index contributed by atoms with van der Waals surface area (Å²) in [5, 5.41) is 3.60. The molecular weight excluding hydrogens is 276 g/mol. The Morgan fingerprint density at radius 2 is 1.83 bits per heavy atom. The lowest BCUT2D eigenvalue weighted by Gasteiger charge is -2.09. The van der Waals surface area contributed by atoms with Gasteiger partial charge in [-0.3, -0.25) is 4.79 Å². The Balaban J connectivity index is 2.28. The van der Waals surface area contributed by atoms with Crippen LogP contribution in [0.4, 0.5) is 15.8 Å². The largest absolute Gasteiger partial charge is 0.354 e. The number of hydrogen-bond donors (Lipinski definition) is 1. The van der Waals surface area contributed by atoms with Gasteiger partial charge in [0.1, 0.15) is 5.82 Å². The lowest BCUT2D eigenvalue weighted by molar-refractivity contribution is 0.112. The summed E-state index contributed by atoms with van der Waals surface area (Å²) in [5.74, 6) is -0.403. The highest BCUT2D eigenvalue weighted by Crippen LogP contribution is 2.28. The molecule has 0 aliphatic rings. The van der Waals surface area contributed by atoms with E-state index in [9.17, 15) is 9.18 Å². The van der Waals surface area contributed by atoms with Gasteiger partial charge in [-0.1, -0.05) is 23.2 Å². The number of benzene rings is 2. The average Bonchev–Trinajstić information content (AvgIpc) is 2.33. The van der Waals surface area contributed by atoms with Crippen LogP contribution >= 0.6 is 23.2 Å². The third-order valence-electron chi connectivity index (χ3n) is 2.34. The summed E-state index contributed by atoms with van der Waals surface area (Å²) in [4.78, 5) is 10.6. The number of halogens is 3. The molecule has 2 rings (SSSR count). The summed E-state index contributed by atoms with van der Waals surface area (Å²) in [6.07, 6.45) is 0.678. The van der Waals surface area contributed by atoms with E-state index in [2.05, 4.69) is 5.32 Å². The van der Waals surface area contributed by atoms with Crippen molar-refractivity contribution in [1.82, 2.24) is 0 Å². The van der Waals surface area contributed by atoms with Gasteiger partial charge < -0.3 is 5.32 Å². The van der Waals surface area contributed by atoms with Crippen LogP contribution in [0.1, 0.15) is 10.4 Å². The van der Waals surface area contributed by atoms with Crippen molar-refractivity contribution in [3.63, 3.8) is 0 Å². The van der Waals surface area contributed by atoms with E-state index in [1.165, 1.54) is 18.2 Å². The van der Waals surface area contributed by atoms with Crippen molar-refractivity contribution in [3.05, 3.63) is 57.8 Å². The Bertz CT molecular complexity index is 602. The van der Waals surface area contributed by atoms with Gasteiger partial charge >= 0.3 is 0 Å². The second kappa shape index (κ2) is 5.38. The van der Waals surface area contributed by atoms with Crippen molar-refractivity contribution < 1.29 is 9.18 Å². The molecule has 0 amide bonds. The van der Waals surface area contributed by atoms with E-state index in [0.717, 1.165) is 0 Å². The summed E-state index contributed by atoms with van der Waals surface area (Å²) >= 11 is 11.8. The maximum absolute atomic E-state index is 12.9. The standard InChI is InChI=1S/C13H8Cl2FNO/c14-11-6-10(3-1-8(11)7-18)17-13-4-2-9(16)5-12(13)15/h1-7,17H. The Labute approximate surface area is 113 Å². The Hall–Kier alpha value is -1.58. The summed E-state index contributed by atoms with van der Waals surface area (Å²) in [6.45, 7) is 0. The molecule has 2 aromatic rings. The predicted molar refractivity (Wildman–Crippen MR) is 71.5 cm³/mol. The van der Waals surface area contributed by atoms with Crippen molar-refractivity contribution in [1.29, 1.82) is 0 Å². The Kier molecular flexibility index (Phi) is 3.84. The highest BCUT2D eigenvalue weighted by Gasteiger charge is 2.04. The van der Waals surface area contributed by atoms with Crippen LogP contribution < -0.4 is 5.32 Å². The van der Waals surface area contributed by atoms with E-state index in [-0.39, 0.29) is 5.02 Å². The van der Waals surface area contributed by atoms with E-state index in [4.69, 9.17) is 23.2 Å². The number of carbonyl (C=O) groups excluding carboxylic acids is 1. The number of nitrogens with one attached hydrogen (secondary N) is 1. The fraction of sp³-hybridized carbons (Fsp3) is 0. The zero-order valence-corrected chi connectivity index (χ0v) is 10.6. The topological polar surface area (TPSA) is 29.1 Å². The molecule has 0 unspecified atom stereocenters. The molecule has 18 heavy (non-hydrogen) atoms. The first kappa shape index (κ1) is 12.9. The SMILES string of the molecule is O=Cc1ccc(Nc2ccc(F)cc2Cl)cc1Cl. The minimum absolute atomic E-state index is 0.269. The molecule has 0 atom stereocenters. The van der Waals surface area contributed by atoms with Crippen LogP contribution in [0, 0.1) is 5.82 Å². The fourth-order valence-electron chi connectivity index (χ4n) is 1.45. The van der Waals surface area contributed by atoms with Gasteiger partial charge in [-0.2, -0.15) is 0 Å². The highest BCUT2D eigenvalue weighted by molar-refractivity contribution is 6.34. The van der Waals surface area contributed by atoms with Crippen molar-refractivity contribution in [2.24, 2.45) is 0 Å². The zero-order chi connectivity index (χ0) is 13.1. The predicted octanol–water partition coefficient (Wildman–Crippen LogP) is 4.69. The second-order valence-corrected chi connectivity index (χ2v) is 4.42. The quantitative estimate of drug-likeness (QED) is 0.828. The summed E-state index contributed by atoms with van der Waals surface area (Å²) < 4.78 is 12.9. The Morgan fingerprint density at radius 3 is 2.44 bits per heavy atom. The van der Waals surface area contributed by atoms with E-state index < -0.39 is 5.82 Å². The van der Waals surface area contributed by atoms with Crippen LogP contribution in [0.5, 0.6) is 0 Å². The maximum Gasteiger partial charge on any atom is 0.151 e. The normalized spacial score (nSPS) is 10.2. The first-order valence-corrected chi connectivity index (χ1v) is 5.82. The number of carbonyl (C=O) groups is 1. The van der Waals surface area contributed by atoms with Gasteiger partial charge in [0.2, 0.25) is 0 Å². The number of anilines is 2. The molecule has 0 saturated carbocycles. The monoisotopic (exact) mass is 283 g/mol. The molecule has 0 bridgehead atoms. The third kappa shape index (κ3) is 2.81. The number of hydrogen-bond acceptors (Lipinski definition) is 2. The van der Waals surface area contributed by atoms with Crippen LogP contribution in [-0.2, 0) is 0 Å². The molecule has 2 nitrogen and oxygen atoms in total. The molecule has 0 spiro atoms. The van der Waals surface area contributed by atoms with Crippen LogP contribution in [0.2, 0.25) is 10.0 Å². The van der Waals surface area contributed by atoms with E-state index in [1.807, 2.05) is 0 Å². The summed E-state index contributed by atoms with van der Waals surface area (Å²) in [5.41, 5.74) is 1.64. The molecule has 0 heterocycles. The van der Waals surface area contributed by atoms with Gasteiger partial charge in [0.05, 0.1) is 15.7 Å². The summed E-state index contributed by atoms with van der Waals surface area (Å²) in [7, 11) is 0. The van der Waals surface area contributed by atoms with Gasteiger partial charge in [-0.05, 0) is 36.4 Å². The minimum Gasteiger partial charge on any atom is -0.354 e. The molecule has 1 N–H and O–H groups in total. The molecule has 0 aromatic heterocycles. The fourth-order valence-corrected chi connectivity index (χ4v) is 1.89. The van der Waals surface area contributed by atoms with E-state index in [1.54, 1.807) is 18.2 Å². The summed E-state index contributed by atoms with van der Waals surface area (Å²) in [6, 6.07) is 8.93. The first-order chi connectivity index (χ1) is 8.60. The van der Waals surface area contributed by atoms with E-state index in [0.29, 0.717) is 28.2 Å². The molecule has 92 valence electrons. The molecule has 2 aromatic carbocycles. The molecular formula is C13H8Cl2FNO. The lowest BCUT2D eigenvalue weighted by Crippen LogP contribution is -1.93. The number of aldehydes is 1. The van der Waals surface area contributed by atoms with Crippen molar-refractivity contribution >= 4 is 40.9 Å². The molecule has 0 saturated heterocycles. The van der Waals surface area contributed by atoms with Gasteiger partial charge in [-0.25, -0.2) is 4.39 Å². The van der Waals surface area contributed by atoms with Gasteiger partial charge in [0.15, 0.2) is 6.29 Å². The molecule has 0 fully saturated rings. The molecule has 0 aliphatic heterocycles. The maximum atomic E-state index is 12.9. The highest BCUT2D eigenvalue weighted by atomic mass is 35.5. The first-order valence-electron chi connectivity index (χ1n) is 5.07. The van der Waals surface area contributed by atoms with E-state index >= 15 is 0 Å². The lowest BCUT2D eigenvalue weighted by atomic mass is 10.2.